The predicted molar refractivity (Wildman–Crippen MR) is 109 cm³/mol. The standard InChI is InChI=1S/C22H22F2N4O2/c1-13-19(14(2)28(27-13)21-9-6-17(23)10-20(21)24)11-22(30)25-12-16-4-7-18(8-5-16)26-15(3)29/h4-10H,11-12H2,1-3H3,(H,25,30)(H,26,29). The summed E-state index contributed by atoms with van der Waals surface area (Å²) in [6, 6.07) is 10.4. The maximum Gasteiger partial charge on any atom is 0.224 e. The lowest BCUT2D eigenvalue weighted by Gasteiger charge is -2.08. The van der Waals surface area contributed by atoms with Gasteiger partial charge in [0.25, 0.3) is 0 Å². The molecular formula is C22H22F2N4O2. The van der Waals surface area contributed by atoms with Crippen LogP contribution in [0.3, 0.4) is 0 Å². The molecule has 1 heterocycles. The van der Waals surface area contributed by atoms with Crippen LogP contribution in [-0.2, 0) is 22.6 Å². The molecule has 0 radical (unpaired) electrons. The molecule has 1 aromatic heterocycles. The largest absolute Gasteiger partial charge is 0.352 e. The number of aromatic nitrogens is 2. The fraction of sp³-hybridized carbons (Fsp3) is 0.227. The highest BCUT2D eigenvalue weighted by atomic mass is 19.1. The Morgan fingerprint density at radius 2 is 1.77 bits per heavy atom. The number of aryl methyl sites for hydroxylation is 1. The second kappa shape index (κ2) is 8.86. The third-order valence-electron chi connectivity index (χ3n) is 4.68. The molecule has 3 aromatic rings. The molecule has 156 valence electrons. The van der Waals surface area contributed by atoms with Crippen LogP contribution >= 0.6 is 0 Å². The normalized spacial score (nSPS) is 10.7. The first-order chi connectivity index (χ1) is 14.2. The molecule has 30 heavy (non-hydrogen) atoms. The second-order valence-electron chi connectivity index (χ2n) is 6.99. The molecule has 0 bridgehead atoms. The number of rotatable bonds is 6. The maximum atomic E-state index is 14.1. The van der Waals surface area contributed by atoms with Crippen molar-refractivity contribution < 1.29 is 18.4 Å². The smallest absolute Gasteiger partial charge is 0.224 e. The van der Waals surface area contributed by atoms with Gasteiger partial charge in [-0.05, 0) is 43.7 Å². The zero-order valence-electron chi connectivity index (χ0n) is 16.9. The van der Waals surface area contributed by atoms with Crippen LogP contribution in [0, 0.1) is 25.5 Å². The highest BCUT2D eigenvalue weighted by Crippen LogP contribution is 2.21. The number of benzene rings is 2. The third kappa shape index (κ3) is 4.89. The van der Waals surface area contributed by atoms with Gasteiger partial charge in [0.2, 0.25) is 11.8 Å². The van der Waals surface area contributed by atoms with E-state index in [1.165, 1.54) is 23.7 Å². The molecule has 3 rings (SSSR count). The number of carbonyl (C=O) groups is 2. The molecular weight excluding hydrogens is 390 g/mol. The van der Waals surface area contributed by atoms with E-state index in [2.05, 4.69) is 15.7 Å². The molecule has 8 heteroatoms. The third-order valence-corrected chi connectivity index (χ3v) is 4.68. The zero-order valence-corrected chi connectivity index (χ0v) is 16.9. The molecule has 0 unspecified atom stereocenters. The highest BCUT2D eigenvalue weighted by Gasteiger charge is 2.18. The molecule has 6 nitrogen and oxygen atoms in total. The van der Waals surface area contributed by atoms with Crippen molar-refractivity contribution in [3.63, 3.8) is 0 Å². The van der Waals surface area contributed by atoms with E-state index in [0.29, 0.717) is 29.2 Å². The van der Waals surface area contributed by atoms with E-state index < -0.39 is 11.6 Å². The van der Waals surface area contributed by atoms with Crippen molar-refractivity contribution in [3.05, 3.63) is 76.6 Å². The summed E-state index contributed by atoms with van der Waals surface area (Å²) in [4.78, 5) is 23.5. The molecule has 0 saturated heterocycles. The van der Waals surface area contributed by atoms with Crippen molar-refractivity contribution >= 4 is 17.5 Å². The van der Waals surface area contributed by atoms with Gasteiger partial charge in [-0.1, -0.05) is 12.1 Å². The van der Waals surface area contributed by atoms with Crippen molar-refractivity contribution in [1.29, 1.82) is 0 Å². The number of amides is 2. The summed E-state index contributed by atoms with van der Waals surface area (Å²) < 4.78 is 28.7. The molecule has 0 aliphatic carbocycles. The van der Waals surface area contributed by atoms with Crippen molar-refractivity contribution in [3.8, 4) is 5.69 Å². The lowest BCUT2D eigenvalue weighted by molar-refractivity contribution is -0.120. The van der Waals surface area contributed by atoms with Gasteiger partial charge in [-0.3, -0.25) is 9.59 Å². The number of anilines is 1. The maximum absolute atomic E-state index is 14.1. The van der Waals surface area contributed by atoms with E-state index in [9.17, 15) is 18.4 Å². The lowest BCUT2D eigenvalue weighted by atomic mass is 10.1. The number of nitrogens with one attached hydrogen (secondary N) is 2. The van der Waals surface area contributed by atoms with E-state index in [1.807, 2.05) is 12.1 Å². The number of hydrogen-bond donors (Lipinski definition) is 2. The van der Waals surface area contributed by atoms with Crippen LogP contribution in [0.5, 0.6) is 0 Å². The van der Waals surface area contributed by atoms with E-state index >= 15 is 0 Å². The van der Waals surface area contributed by atoms with Crippen molar-refractivity contribution in [2.75, 3.05) is 5.32 Å². The summed E-state index contributed by atoms with van der Waals surface area (Å²) in [6.45, 7) is 5.25. The van der Waals surface area contributed by atoms with Crippen LogP contribution in [0.15, 0.2) is 42.5 Å². The van der Waals surface area contributed by atoms with Crippen LogP contribution in [0.25, 0.3) is 5.69 Å². The Labute approximate surface area is 172 Å². The van der Waals surface area contributed by atoms with Crippen molar-refractivity contribution in [2.45, 2.75) is 33.7 Å². The first-order valence-corrected chi connectivity index (χ1v) is 9.38. The summed E-state index contributed by atoms with van der Waals surface area (Å²) in [7, 11) is 0. The van der Waals surface area contributed by atoms with E-state index in [-0.39, 0.29) is 23.9 Å². The topological polar surface area (TPSA) is 76.0 Å². The molecule has 0 fully saturated rings. The van der Waals surface area contributed by atoms with E-state index in [4.69, 9.17) is 0 Å². The van der Waals surface area contributed by atoms with Gasteiger partial charge < -0.3 is 10.6 Å². The molecule has 2 aromatic carbocycles. The molecule has 2 amide bonds. The molecule has 0 aliphatic rings. The summed E-state index contributed by atoms with van der Waals surface area (Å²) in [5.41, 5.74) is 3.61. The first-order valence-electron chi connectivity index (χ1n) is 9.38. The number of carbonyl (C=O) groups excluding carboxylic acids is 2. The van der Waals surface area contributed by atoms with Crippen LogP contribution in [0.4, 0.5) is 14.5 Å². The van der Waals surface area contributed by atoms with Crippen LogP contribution in [0.1, 0.15) is 29.4 Å². The van der Waals surface area contributed by atoms with Gasteiger partial charge in [-0.15, -0.1) is 0 Å². The minimum Gasteiger partial charge on any atom is -0.352 e. The molecule has 0 spiro atoms. The van der Waals surface area contributed by atoms with E-state index in [0.717, 1.165) is 11.6 Å². The molecule has 2 N–H and O–H groups in total. The average molecular weight is 412 g/mol. The second-order valence-corrected chi connectivity index (χ2v) is 6.99. The van der Waals surface area contributed by atoms with Gasteiger partial charge in [0.05, 0.1) is 12.1 Å². The summed E-state index contributed by atoms with van der Waals surface area (Å²) in [5.74, 6) is -1.74. The van der Waals surface area contributed by atoms with Crippen LogP contribution < -0.4 is 10.6 Å². The Balaban J connectivity index is 1.67. The van der Waals surface area contributed by atoms with Gasteiger partial charge >= 0.3 is 0 Å². The zero-order chi connectivity index (χ0) is 21.8. The SMILES string of the molecule is CC(=O)Nc1ccc(CNC(=O)Cc2c(C)nn(-c3ccc(F)cc3F)c2C)cc1. The van der Waals surface area contributed by atoms with Gasteiger partial charge in [0, 0.05) is 36.5 Å². The van der Waals surface area contributed by atoms with Crippen LogP contribution in [-0.4, -0.2) is 21.6 Å². The number of hydrogen-bond acceptors (Lipinski definition) is 3. The average Bonchev–Trinajstić information content (AvgIpc) is 2.95. The van der Waals surface area contributed by atoms with Crippen molar-refractivity contribution in [2.24, 2.45) is 0 Å². The number of nitrogens with zero attached hydrogens (tertiary/aromatic N) is 2. The monoisotopic (exact) mass is 412 g/mol. The lowest BCUT2D eigenvalue weighted by Crippen LogP contribution is -2.25. The minimum atomic E-state index is -0.723. The fourth-order valence-corrected chi connectivity index (χ4v) is 3.15. The van der Waals surface area contributed by atoms with Gasteiger partial charge in [0.1, 0.15) is 11.5 Å². The fourth-order valence-electron chi connectivity index (χ4n) is 3.15. The van der Waals surface area contributed by atoms with Gasteiger partial charge in [-0.25, -0.2) is 13.5 Å². The Morgan fingerprint density at radius 3 is 2.40 bits per heavy atom. The van der Waals surface area contributed by atoms with Gasteiger partial charge in [0.15, 0.2) is 5.82 Å². The minimum absolute atomic E-state index is 0.0878. The summed E-state index contributed by atoms with van der Waals surface area (Å²) in [6.07, 6.45) is 0.0878. The molecule has 0 saturated carbocycles. The molecule has 0 aliphatic heterocycles. The number of halogens is 2. The Morgan fingerprint density at radius 1 is 1.07 bits per heavy atom. The predicted octanol–water partition coefficient (Wildman–Crippen LogP) is 3.58. The van der Waals surface area contributed by atoms with Crippen LogP contribution in [0.2, 0.25) is 0 Å². The molecule has 0 atom stereocenters. The Kier molecular flexibility index (Phi) is 6.25. The van der Waals surface area contributed by atoms with Crippen molar-refractivity contribution in [1.82, 2.24) is 15.1 Å². The first kappa shape index (κ1) is 21.2. The summed E-state index contributed by atoms with van der Waals surface area (Å²) in [5, 5.41) is 9.84. The summed E-state index contributed by atoms with van der Waals surface area (Å²) >= 11 is 0. The highest BCUT2D eigenvalue weighted by molar-refractivity contribution is 5.88. The van der Waals surface area contributed by atoms with E-state index in [1.54, 1.807) is 26.0 Å². The Hall–Kier alpha value is -3.55. The Bertz CT molecular complexity index is 1090. The quantitative estimate of drug-likeness (QED) is 0.650. The van der Waals surface area contributed by atoms with Gasteiger partial charge in [-0.2, -0.15) is 5.10 Å².